The van der Waals surface area contributed by atoms with Gasteiger partial charge in [-0.3, -0.25) is 38.4 Å². The van der Waals surface area contributed by atoms with Crippen LogP contribution in [0.25, 0.3) is 10.9 Å². The highest BCUT2D eigenvalue weighted by Crippen LogP contribution is 2.19. The Balaban J connectivity index is 2.42. The number of esters is 2. The van der Waals surface area contributed by atoms with Crippen LogP contribution in [0.4, 0.5) is 0 Å². The van der Waals surface area contributed by atoms with Crippen molar-refractivity contribution in [2.24, 2.45) is 11.5 Å². The summed E-state index contributed by atoms with van der Waals surface area (Å²) in [5, 5.41) is 20.9. The van der Waals surface area contributed by atoms with Gasteiger partial charge in [0.2, 0.25) is 35.4 Å². The third kappa shape index (κ3) is 16.2. The molecule has 0 saturated carbocycles. The van der Waals surface area contributed by atoms with Crippen LogP contribution in [0.2, 0.25) is 0 Å². The molecule has 0 radical (unpaired) electrons. The third-order valence-electron chi connectivity index (χ3n) is 8.10. The molecule has 1 heterocycles. The van der Waals surface area contributed by atoms with Gasteiger partial charge in [-0.2, -0.15) is 0 Å². The van der Waals surface area contributed by atoms with Gasteiger partial charge < -0.3 is 57.2 Å². The number of benzene rings is 1. The van der Waals surface area contributed by atoms with Gasteiger partial charge >= 0.3 is 11.9 Å². The highest BCUT2D eigenvalue weighted by molar-refractivity contribution is 5.98. The Labute approximate surface area is 331 Å². The van der Waals surface area contributed by atoms with Gasteiger partial charge in [-0.15, -0.1) is 0 Å². The maximum absolute atomic E-state index is 14.0. The second-order valence-electron chi connectivity index (χ2n) is 15.8. The minimum Gasteiger partial charge on any atom is -0.460 e. The number of hydrogen-bond donors (Lipinski definition) is 8. The SMILES string of the molecule is C[C@H](N)C(=O)N(C)CC(=O)N[C@H](C(=O)N[C@@H](CC(=O)OC(C)(C)C)C(=O)N[C@H](CCC(=O)OC(C)(C)C)C(=O)N[C@@H](Cc1c[nH]c2ccccc12)C(N)=O)[C@@H](C)O. The number of aromatic amines is 1. The first-order valence-electron chi connectivity index (χ1n) is 18.4. The smallest absolute Gasteiger partial charge is 0.308 e. The highest BCUT2D eigenvalue weighted by Gasteiger charge is 2.35. The van der Waals surface area contributed by atoms with E-state index in [0.29, 0.717) is 5.56 Å². The fourth-order valence-electron chi connectivity index (χ4n) is 5.50. The molecule has 0 bridgehead atoms. The van der Waals surface area contributed by atoms with Gasteiger partial charge in [-0.05, 0) is 73.4 Å². The number of carbonyl (C=O) groups is 8. The Hall–Kier alpha value is -5.56. The Morgan fingerprint density at radius 1 is 0.807 bits per heavy atom. The number of aliphatic hydroxyl groups is 1. The van der Waals surface area contributed by atoms with Crippen LogP contribution >= 0.6 is 0 Å². The van der Waals surface area contributed by atoms with E-state index >= 15 is 0 Å². The number of H-pyrrole nitrogens is 1. The lowest BCUT2D eigenvalue weighted by atomic mass is 10.0. The summed E-state index contributed by atoms with van der Waals surface area (Å²) in [4.78, 5) is 109. The number of rotatable bonds is 19. The number of nitrogens with one attached hydrogen (secondary N) is 5. The van der Waals surface area contributed by atoms with Crippen molar-refractivity contribution in [3.05, 3.63) is 36.0 Å². The molecule has 0 unspecified atom stereocenters. The molecule has 0 saturated heterocycles. The second kappa shape index (κ2) is 20.6. The maximum atomic E-state index is 14.0. The molecule has 1 aromatic carbocycles. The quantitative estimate of drug-likeness (QED) is 0.0809. The summed E-state index contributed by atoms with van der Waals surface area (Å²) in [6.07, 6.45) is -1.40. The number of primary amides is 1. The summed E-state index contributed by atoms with van der Waals surface area (Å²) in [6, 6.07) is 0.0916. The lowest BCUT2D eigenvalue weighted by molar-refractivity contribution is -0.157. The third-order valence-corrected chi connectivity index (χ3v) is 8.10. The van der Waals surface area contributed by atoms with Crippen LogP contribution in [0.3, 0.4) is 0 Å². The standard InChI is InChI=1S/C38H58N8O11/c1-20(39)36(55)46(9)19-28(48)45-31(21(2)47)35(54)44-27(17-30(50)57-38(6,7)8)34(53)42-25(14-15-29(49)56-37(3,4)5)33(52)43-26(32(40)51)16-22-18-41-24-13-11-10-12-23(22)24/h10-13,18,20-21,25-27,31,41,47H,14-17,19,39H2,1-9H3,(H2,40,51)(H,42,53)(H,43,52)(H,44,54)(H,45,48)/t20-,21+,25+,26-,27-,31-/m0/s1. The number of carbonyl (C=O) groups excluding carboxylic acids is 8. The zero-order chi connectivity index (χ0) is 43.4. The molecule has 57 heavy (non-hydrogen) atoms. The molecule has 2 rings (SSSR count). The first-order chi connectivity index (χ1) is 26.3. The number of nitrogens with two attached hydrogens (primary N) is 2. The fourth-order valence-corrected chi connectivity index (χ4v) is 5.50. The zero-order valence-corrected chi connectivity index (χ0v) is 34.0. The van der Waals surface area contributed by atoms with Crippen molar-refractivity contribution < 1.29 is 52.9 Å². The number of aromatic nitrogens is 1. The van der Waals surface area contributed by atoms with Crippen molar-refractivity contribution in [1.82, 2.24) is 31.2 Å². The number of amides is 6. The Morgan fingerprint density at radius 2 is 1.35 bits per heavy atom. The van der Waals surface area contributed by atoms with Crippen molar-refractivity contribution in [2.45, 2.75) is 129 Å². The Kier molecular flexibility index (Phi) is 17.2. The molecule has 10 N–H and O–H groups in total. The van der Waals surface area contributed by atoms with Gasteiger partial charge in [0.25, 0.3) is 0 Å². The van der Waals surface area contributed by atoms with E-state index in [1.54, 1.807) is 53.8 Å². The summed E-state index contributed by atoms with van der Waals surface area (Å²) in [6.45, 7) is 11.7. The summed E-state index contributed by atoms with van der Waals surface area (Å²) < 4.78 is 10.7. The molecule has 6 amide bonds. The summed E-state index contributed by atoms with van der Waals surface area (Å²) >= 11 is 0. The molecular formula is C38H58N8O11. The normalized spacial score (nSPS) is 14.8. The van der Waals surface area contributed by atoms with Crippen molar-refractivity contribution in [3.63, 3.8) is 0 Å². The summed E-state index contributed by atoms with van der Waals surface area (Å²) in [5.41, 5.74) is 10.8. The van der Waals surface area contributed by atoms with E-state index in [0.717, 1.165) is 15.8 Å². The molecule has 6 atom stereocenters. The summed E-state index contributed by atoms with van der Waals surface area (Å²) in [5.74, 6) is -7.06. The molecule has 0 spiro atoms. The van der Waals surface area contributed by atoms with Crippen molar-refractivity contribution >= 4 is 58.3 Å². The number of likely N-dealkylation sites (N-methyl/N-ethyl adjacent to an activating group) is 1. The first kappa shape index (κ1) is 47.6. The molecule has 0 fully saturated rings. The number of fused-ring (bicyclic) bond motifs is 1. The molecule has 19 nitrogen and oxygen atoms in total. The van der Waals surface area contributed by atoms with Crippen LogP contribution in [-0.4, -0.2) is 123 Å². The van der Waals surface area contributed by atoms with Crippen LogP contribution in [0.1, 0.15) is 80.2 Å². The van der Waals surface area contributed by atoms with Crippen molar-refractivity contribution in [1.29, 1.82) is 0 Å². The number of aliphatic hydroxyl groups excluding tert-OH is 1. The predicted molar refractivity (Wildman–Crippen MR) is 207 cm³/mol. The molecule has 1 aromatic heterocycles. The highest BCUT2D eigenvalue weighted by atomic mass is 16.6. The van der Waals surface area contributed by atoms with E-state index < -0.39 is 108 Å². The minimum absolute atomic E-state index is 0.0310. The molecule has 316 valence electrons. The molecule has 2 aromatic rings. The van der Waals surface area contributed by atoms with E-state index in [9.17, 15) is 43.5 Å². The Morgan fingerprint density at radius 3 is 1.91 bits per heavy atom. The van der Waals surface area contributed by atoms with Gasteiger partial charge in [-0.1, -0.05) is 18.2 Å². The second-order valence-corrected chi connectivity index (χ2v) is 15.8. The molecule has 19 heteroatoms. The number of hydrogen-bond acceptors (Lipinski definition) is 12. The Bertz CT molecular complexity index is 1780. The van der Waals surface area contributed by atoms with Crippen LogP contribution < -0.4 is 32.7 Å². The number of nitrogens with zero attached hydrogens (tertiary/aromatic N) is 1. The van der Waals surface area contributed by atoms with E-state index in [1.165, 1.54) is 20.9 Å². The van der Waals surface area contributed by atoms with Gasteiger partial charge in [-0.25, -0.2) is 0 Å². The van der Waals surface area contributed by atoms with Crippen LogP contribution in [0.5, 0.6) is 0 Å². The van der Waals surface area contributed by atoms with E-state index in [1.807, 2.05) is 18.2 Å². The maximum Gasteiger partial charge on any atom is 0.308 e. The monoisotopic (exact) mass is 802 g/mol. The van der Waals surface area contributed by atoms with Crippen molar-refractivity contribution in [2.75, 3.05) is 13.6 Å². The van der Waals surface area contributed by atoms with Gasteiger partial charge in [0.1, 0.15) is 35.4 Å². The molecular weight excluding hydrogens is 744 g/mol. The lowest BCUT2D eigenvalue weighted by Crippen LogP contribution is -2.60. The zero-order valence-electron chi connectivity index (χ0n) is 34.0. The summed E-state index contributed by atoms with van der Waals surface area (Å²) in [7, 11) is 1.31. The van der Waals surface area contributed by atoms with Gasteiger partial charge in [0.05, 0.1) is 25.1 Å². The average Bonchev–Trinajstić information content (AvgIpc) is 3.48. The average molecular weight is 803 g/mol. The van der Waals surface area contributed by atoms with Gasteiger partial charge in [0, 0.05) is 37.0 Å². The first-order valence-corrected chi connectivity index (χ1v) is 18.4. The van der Waals surface area contributed by atoms with Crippen LogP contribution in [0.15, 0.2) is 30.5 Å². The van der Waals surface area contributed by atoms with E-state index in [2.05, 4.69) is 26.3 Å². The minimum atomic E-state index is -1.76. The number of ether oxygens (including phenoxy) is 2. The molecule has 0 aliphatic rings. The largest absolute Gasteiger partial charge is 0.460 e. The van der Waals surface area contributed by atoms with Crippen LogP contribution in [0, 0.1) is 0 Å². The lowest BCUT2D eigenvalue weighted by Gasteiger charge is -2.28. The van der Waals surface area contributed by atoms with Gasteiger partial charge in [0.15, 0.2) is 0 Å². The van der Waals surface area contributed by atoms with Crippen molar-refractivity contribution in [3.8, 4) is 0 Å². The number of para-hydroxylation sites is 1. The van der Waals surface area contributed by atoms with Crippen LogP contribution in [-0.2, 0) is 54.3 Å². The van der Waals surface area contributed by atoms with E-state index in [-0.39, 0.29) is 19.3 Å². The molecule has 0 aliphatic heterocycles. The topological polar surface area (TPSA) is 294 Å². The predicted octanol–water partition coefficient (Wildman–Crippen LogP) is -0.825. The van der Waals surface area contributed by atoms with E-state index in [4.69, 9.17) is 20.9 Å². The fraction of sp³-hybridized carbons (Fsp3) is 0.579. The molecule has 0 aliphatic carbocycles.